The zero-order valence-electron chi connectivity index (χ0n) is 9.89. The molecule has 2 amide bonds. The highest BCUT2D eigenvalue weighted by molar-refractivity contribution is 6.04. The monoisotopic (exact) mass is 288 g/mol. The van der Waals surface area contributed by atoms with Gasteiger partial charge in [-0.2, -0.15) is 0 Å². The number of carbonyl (C=O) groups excluding carboxylic acids is 2. The van der Waals surface area contributed by atoms with Crippen LogP contribution < -0.4 is 11.1 Å². The van der Waals surface area contributed by atoms with E-state index < -0.39 is 53.2 Å². The van der Waals surface area contributed by atoms with Gasteiger partial charge in [0.1, 0.15) is 6.10 Å². The number of carboxylic acid groups (broad SMARTS) is 1. The SMILES string of the molecule is NC(=O)C(O)CNC(=O)c1cc(F)c(F)cc1C(=O)O. The number of primary amides is 1. The van der Waals surface area contributed by atoms with Gasteiger partial charge >= 0.3 is 5.97 Å². The Labute approximate surface area is 111 Å². The maximum Gasteiger partial charge on any atom is 0.336 e. The molecule has 1 aromatic rings. The summed E-state index contributed by atoms with van der Waals surface area (Å²) in [5, 5.41) is 19.8. The van der Waals surface area contributed by atoms with Crippen LogP contribution in [0.2, 0.25) is 0 Å². The second-order valence-electron chi connectivity index (χ2n) is 3.75. The van der Waals surface area contributed by atoms with E-state index in [9.17, 15) is 23.2 Å². The van der Waals surface area contributed by atoms with Crippen LogP contribution in [0, 0.1) is 11.6 Å². The first kappa shape index (κ1) is 15.5. The summed E-state index contributed by atoms with van der Waals surface area (Å²) in [4.78, 5) is 33.0. The Kier molecular flexibility index (Phi) is 4.70. The van der Waals surface area contributed by atoms with Crippen molar-refractivity contribution in [2.45, 2.75) is 6.10 Å². The molecule has 0 aliphatic heterocycles. The molecule has 0 saturated heterocycles. The van der Waals surface area contributed by atoms with Gasteiger partial charge in [-0.3, -0.25) is 9.59 Å². The molecule has 0 saturated carbocycles. The molecule has 0 aliphatic carbocycles. The second kappa shape index (κ2) is 6.06. The van der Waals surface area contributed by atoms with Gasteiger partial charge in [-0.05, 0) is 12.1 Å². The van der Waals surface area contributed by atoms with Crippen molar-refractivity contribution in [3.8, 4) is 0 Å². The Morgan fingerprint density at radius 3 is 2.15 bits per heavy atom. The van der Waals surface area contributed by atoms with Crippen molar-refractivity contribution < 1.29 is 33.4 Å². The van der Waals surface area contributed by atoms with E-state index in [2.05, 4.69) is 0 Å². The minimum atomic E-state index is -1.68. The summed E-state index contributed by atoms with van der Waals surface area (Å²) >= 11 is 0. The minimum Gasteiger partial charge on any atom is -0.478 e. The highest BCUT2D eigenvalue weighted by Gasteiger charge is 2.21. The van der Waals surface area contributed by atoms with E-state index in [4.69, 9.17) is 15.9 Å². The molecule has 108 valence electrons. The van der Waals surface area contributed by atoms with Crippen molar-refractivity contribution in [1.29, 1.82) is 0 Å². The molecule has 0 aromatic heterocycles. The van der Waals surface area contributed by atoms with Gasteiger partial charge in [0.25, 0.3) is 5.91 Å². The third kappa shape index (κ3) is 3.48. The summed E-state index contributed by atoms with van der Waals surface area (Å²) in [6, 6.07) is 0.766. The first-order valence-corrected chi connectivity index (χ1v) is 5.22. The molecule has 20 heavy (non-hydrogen) atoms. The topological polar surface area (TPSA) is 130 Å². The van der Waals surface area contributed by atoms with Crippen LogP contribution in [0.15, 0.2) is 12.1 Å². The molecule has 0 radical (unpaired) electrons. The van der Waals surface area contributed by atoms with Gasteiger partial charge in [0.15, 0.2) is 11.6 Å². The Morgan fingerprint density at radius 1 is 1.20 bits per heavy atom. The number of hydrogen-bond donors (Lipinski definition) is 4. The predicted molar refractivity (Wildman–Crippen MR) is 60.9 cm³/mol. The van der Waals surface area contributed by atoms with Crippen molar-refractivity contribution in [3.05, 3.63) is 34.9 Å². The lowest BCUT2D eigenvalue weighted by Gasteiger charge is -2.10. The number of aliphatic hydroxyl groups is 1. The van der Waals surface area contributed by atoms with Crippen LogP contribution in [-0.2, 0) is 4.79 Å². The number of rotatable bonds is 5. The van der Waals surface area contributed by atoms with E-state index in [0.717, 1.165) is 0 Å². The maximum atomic E-state index is 13.0. The van der Waals surface area contributed by atoms with Crippen molar-refractivity contribution in [1.82, 2.24) is 5.32 Å². The maximum absolute atomic E-state index is 13.0. The van der Waals surface area contributed by atoms with Gasteiger partial charge < -0.3 is 21.3 Å². The highest BCUT2D eigenvalue weighted by Crippen LogP contribution is 2.15. The molecule has 0 spiro atoms. The molecule has 0 aliphatic rings. The van der Waals surface area contributed by atoms with E-state index in [1.165, 1.54) is 0 Å². The summed E-state index contributed by atoms with van der Waals surface area (Å²) in [7, 11) is 0. The Balaban J connectivity index is 3.00. The van der Waals surface area contributed by atoms with Gasteiger partial charge in [-0.15, -0.1) is 0 Å². The lowest BCUT2D eigenvalue weighted by atomic mass is 10.1. The molecule has 5 N–H and O–H groups in total. The molecular formula is C11H10F2N2O5. The first-order chi connectivity index (χ1) is 9.23. The number of aliphatic hydroxyl groups excluding tert-OH is 1. The normalized spacial score (nSPS) is 11.8. The molecule has 1 atom stereocenters. The average molecular weight is 288 g/mol. The number of nitrogens with one attached hydrogen (secondary N) is 1. The predicted octanol–water partition coefficient (Wildman–Crippen LogP) is -0.761. The number of aromatic carboxylic acids is 1. The Hall–Kier alpha value is -2.55. The van der Waals surface area contributed by atoms with Crippen molar-refractivity contribution >= 4 is 17.8 Å². The summed E-state index contributed by atoms with van der Waals surface area (Å²) in [6.45, 7) is -0.591. The quantitative estimate of drug-likeness (QED) is 0.566. The van der Waals surface area contributed by atoms with Crippen LogP contribution in [0.4, 0.5) is 8.78 Å². The summed E-state index contributed by atoms with van der Waals surface area (Å²) < 4.78 is 26.0. The van der Waals surface area contributed by atoms with E-state index >= 15 is 0 Å². The van der Waals surface area contributed by atoms with E-state index in [1.54, 1.807) is 0 Å². The zero-order valence-corrected chi connectivity index (χ0v) is 9.89. The second-order valence-corrected chi connectivity index (χ2v) is 3.75. The van der Waals surface area contributed by atoms with Gasteiger partial charge in [-0.25, -0.2) is 13.6 Å². The highest BCUT2D eigenvalue weighted by atomic mass is 19.2. The number of amides is 2. The smallest absolute Gasteiger partial charge is 0.336 e. The minimum absolute atomic E-state index is 0.358. The number of nitrogens with two attached hydrogens (primary N) is 1. The van der Waals surface area contributed by atoms with E-state index in [-0.39, 0.29) is 0 Å². The fraction of sp³-hybridized carbons (Fsp3) is 0.182. The Bertz CT molecular complexity index is 576. The molecule has 0 fully saturated rings. The lowest BCUT2D eigenvalue weighted by Crippen LogP contribution is -2.40. The van der Waals surface area contributed by atoms with E-state index in [0.29, 0.717) is 12.1 Å². The standard InChI is InChI=1S/C11H10F2N2O5/c12-6-1-4(5(11(19)20)2-7(6)13)10(18)15-3-8(16)9(14)17/h1-2,8,16H,3H2,(H2,14,17)(H,15,18)(H,19,20). The largest absolute Gasteiger partial charge is 0.478 e. The fourth-order valence-corrected chi connectivity index (χ4v) is 1.30. The van der Waals surface area contributed by atoms with Gasteiger partial charge in [0.2, 0.25) is 5.91 Å². The summed E-state index contributed by atoms with van der Waals surface area (Å²) in [6.07, 6.45) is -1.68. The van der Waals surface area contributed by atoms with Crippen molar-refractivity contribution in [2.75, 3.05) is 6.54 Å². The number of benzene rings is 1. The molecule has 0 bridgehead atoms. The van der Waals surface area contributed by atoms with Gasteiger partial charge in [0.05, 0.1) is 17.7 Å². The third-order valence-electron chi connectivity index (χ3n) is 2.32. The number of hydrogen-bond acceptors (Lipinski definition) is 4. The van der Waals surface area contributed by atoms with Crippen LogP contribution in [0.25, 0.3) is 0 Å². The fourth-order valence-electron chi connectivity index (χ4n) is 1.30. The van der Waals surface area contributed by atoms with Gasteiger partial charge in [0, 0.05) is 0 Å². The molecule has 1 unspecified atom stereocenters. The lowest BCUT2D eigenvalue weighted by molar-refractivity contribution is -0.125. The van der Waals surface area contributed by atoms with E-state index in [1.807, 2.05) is 5.32 Å². The third-order valence-corrected chi connectivity index (χ3v) is 2.32. The van der Waals surface area contributed by atoms with Crippen LogP contribution in [0.3, 0.4) is 0 Å². The first-order valence-electron chi connectivity index (χ1n) is 5.22. The molecule has 1 rings (SSSR count). The van der Waals surface area contributed by atoms with Crippen molar-refractivity contribution in [2.24, 2.45) is 5.73 Å². The molecule has 7 nitrogen and oxygen atoms in total. The van der Waals surface area contributed by atoms with Crippen molar-refractivity contribution in [3.63, 3.8) is 0 Å². The van der Waals surface area contributed by atoms with Crippen LogP contribution in [0.1, 0.15) is 20.7 Å². The summed E-state index contributed by atoms with van der Waals surface area (Å²) in [5.74, 6) is -6.66. The number of carbonyl (C=O) groups is 3. The molecule has 0 heterocycles. The number of halogens is 2. The van der Waals surface area contributed by atoms with Crippen LogP contribution >= 0.6 is 0 Å². The molecular weight excluding hydrogens is 278 g/mol. The Morgan fingerprint density at radius 2 is 1.70 bits per heavy atom. The number of carboxylic acids is 1. The zero-order chi connectivity index (χ0) is 15.4. The van der Waals surface area contributed by atoms with Gasteiger partial charge in [-0.1, -0.05) is 0 Å². The molecule has 1 aromatic carbocycles. The average Bonchev–Trinajstić information content (AvgIpc) is 2.37. The molecule has 9 heteroatoms. The summed E-state index contributed by atoms with van der Waals surface area (Å²) in [5.41, 5.74) is 3.34. The van der Waals surface area contributed by atoms with Crippen LogP contribution in [-0.4, -0.2) is 40.6 Å². The van der Waals surface area contributed by atoms with Crippen LogP contribution in [0.5, 0.6) is 0 Å².